The van der Waals surface area contributed by atoms with Crippen molar-refractivity contribution in [2.75, 3.05) is 12.8 Å². The number of pyridine rings is 1. The van der Waals surface area contributed by atoms with Crippen molar-refractivity contribution in [2.45, 2.75) is 31.4 Å². The molecule has 0 unspecified atom stereocenters. The van der Waals surface area contributed by atoms with Crippen molar-refractivity contribution in [1.29, 1.82) is 0 Å². The molecule has 18 heavy (non-hydrogen) atoms. The van der Waals surface area contributed by atoms with Crippen LogP contribution in [0.4, 0.5) is 0 Å². The molecule has 1 heterocycles. The predicted octanol–water partition coefficient (Wildman–Crippen LogP) is 3.50. The molecule has 1 rings (SSSR count). The lowest BCUT2D eigenvalue weighted by Crippen LogP contribution is -2.40. The molecule has 1 amide bonds. The van der Waals surface area contributed by atoms with Crippen molar-refractivity contribution in [3.8, 4) is 0 Å². The minimum Gasteiger partial charge on any atom is -0.349 e. The van der Waals surface area contributed by atoms with Gasteiger partial charge in [0.15, 0.2) is 0 Å². The van der Waals surface area contributed by atoms with E-state index in [1.54, 1.807) is 12.3 Å². The van der Waals surface area contributed by atoms with Crippen LogP contribution in [0.5, 0.6) is 0 Å². The Bertz CT molecular complexity index is 399. The number of nitrogens with zero attached hydrogens (tertiary/aromatic N) is 1. The number of hydrogen-bond acceptors (Lipinski definition) is 3. The van der Waals surface area contributed by atoms with E-state index in [9.17, 15) is 4.79 Å². The third kappa shape index (κ3) is 3.72. The van der Waals surface area contributed by atoms with Crippen LogP contribution in [0.15, 0.2) is 22.8 Å². The summed E-state index contributed by atoms with van der Waals surface area (Å²) in [5.74, 6) is -0.122. The third-order valence-electron chi connectivity index (χ3n) is 3.27. The lowest BCUT2D eigenvalue weighted by atomic mass is 10.0. The molecule has 0 aliphatic heterocycles. The number of aromatic nitrogens is 1. The van der Waals surface area contributed by atoms with E-state index >= 15 is 0 Å². The van der Waals surface area contributed by atoms with Crippen LogP contribution in [-0.2, 0) is 0 Å². The molecule has 0 saturated heterocycles. The van der Waals surface area contributed by atoms with E-state index in [-0.39, 0.29) is 10.7 Å². The van der Waals surface area contributed by atoms with Crippen molar-refractivity contribution in [3.63, 3.8) is 0 Å². The summed E-state index contributed by atoms with van der Waals surface area (Å²) >= 11 is 5.15. The van der Waals surface area contributed by atoms with E-state index < -0.39 is 0 Å². The number of rotatable bonds is 6. The minimum atomic E-state index is -0.122. The van der Waals surface area contributed by atoms with E-state index in [1.807, 2.05) is 17.8 Å². The van der Waals surface area contributed by atoms with Gasteiger partial charge in [-0.15, -0.1) is 0 Å². The van der Waals surface area contributed by atoms with Crippen LogP contribution in [0.1, 0.15) is 37.2 Å². The summed E-state index contributed by atoms with van der Waals surface area (Å²) in [6.45, 7) is 4.98. The first kappa shape index (κ1) is 15.5. The summed E-state index contributed by atoms with van der Waals surface area (Å²) in [4.78, 5) is 16.1. The molecule has 0 atom stereocenters. The van der Waals surface area contributed by atoms with Crippen LogP contribution in [0, 0.1) is 0 Å². The van der Waals surface area contributed by atoms with E-state index in [4.69, 9.17) is 0 Å². The van der Waals surface area contributed by atoms with Gasteiger partial charge in [0.05, 0.1) is 0 Å². The molecule has 3 nitrogen and oxygen atoms in total. The second kappa shape index (κ2) is 7.14. The zero-order valence-corrected chi connectivity index (χ0v) is 13.4. The van der Waals surface area contributed by atoms with Crippen LogP contribution in [0.3, 0.4) is 0 Å². The summed E-state index contributed by atoms with van der Waals surface area (Å²) in [5.41, 5.74) is 0.444. The van der Waals surface area contributed by atoms with E-state index in [2.05, 4.69) is 46.3 Å². The average molecular weight is 331 g/mol. The average Bonchev–Trinajstić information content (AvgIpc) is 2.41. The van der Waals surface area contributed by atoms with Gasteiger partial charge in [-0.2, -0.15) is 11.8 Å². The lowest BCUT2D eigenvalue weighted by molar-refractivity contribution is 0.0943. The summed E-state index contributed by atoms with van der Waals surface area (Å²) in [7, 11) is 0. The highest BCUT2D eigenvalue weighted by Crippen LogP contribution is 2.29. The Hall–Kier alpha value is -0.550. The van der Waals surface area contributed by atoms with Gasteiger partial charge in [-0.1, -0.05) is 13.8 Å². The highest BCUT2D eigenvalue weighted by Gasteiger charge is 2.26. The second-order valence-corrected chi connectivity index (χ2v) is 6.24. The van der Waals surface area contributed by atoms with Gasteiger partial charge >= 0.3 is 0 Å². The van der Waals surface area contributed by atoms with E-state index in [0.717, 1.165) is 17.3 Å². The van der Waals surface area contributed by atoms with Crippen molar-refractivity contribution < 1.29 is 4.79 Å². The molecule has 0 aliphatic carbocycles. The highest BCUT2D eigenvalue weighted by atomic mass is 79.9. The molecule has 1 aromatic rings. The van der Waals surface area contributed by atoms with Crippen LogP contribution < -0.4 is 5.32 Å². The van der Waals surface area contributed by atoms with Gasteiger partial charge < -0.3 is 5.32 Å². The maximum absolute atomic E-state index is 12.0. The van der Waals surface area contributed by atoms with Crippen molar-refractivity contribution in [2.24, 2.45) is 0 Å². The first-order valence-corrected chi connectivity index (χ1v) is 8.04. The Balaban J connectivity index is 2.69. The molecule has 0 aliphatic rings. The van der Waals surface area contributed by atoms with Gasteiger partial charge in [-0.3, -0.25) is 4.79 Å². The molecule has 0 bridgehead atoms. The molecule has 0 spiro atoms. The van der Waals surface area contributed by atoms with Crippen molar-refractivity contribution >= 4 is 33.6 Å². The topological polar surface area (TPSA) is 42.0 Å². The molecule has 0 saturated carbocycles. The summed E-state index contributed by atoms with van der Waals surface area (Å²) in [5, 5.41) is 2.98. The van der Waals surface area contributed by atoms with Crippen LogP contribution >= 0.6 is 27.7 Å². The van der Waals surface area contributed by atoms with E-state index in [1.165, 1.54) is 0 Å². The maximum atomic E-state index is 12.0. The van der Waals surface area contributed by atoms with Crippen LogP contribution in [-0.4, -0.2) is 28.4 Å². The maximum Gasteiger partial charge on any atom is 0.271 e. The highest BCUT2D eigenvalue weighted by molar-refractivity contribution is 9.10. The smallest absolute Gasteiger partial charge is 0.271 e. The fraction of sp³-hybridized carbons (Fsp3) is 0.538. The van der Waals surface area contributed by atoms with Gasteiger partial charge in [0.1, 0.15) is 5.69 Å². The summed E-state index contributed by atoms with van der Waals surface area (Å²) in [6.07, 6.45) is 5.79. The normalized spacial score (nSPS) is 11.3. The van der Waals surface area contributed by atoms with Crippen molar-refractivity contribution in [1.82, 2.24) is 10.3 Å². The number of carbonyl (C=O) groups excluding carboxylic acids is 1. The van der Waals surface area contributed by atoms with Gasteiger partial charge in [-0.05, 0) is 47.2 Å². The number of thioether (sulfide) groups is 1. The molecule has 0 radical (unpaired) electrons. The minimum absolute atomic E-state index is 0.122. The van der Waals surface area contributed by atoms with Gasteiger partial charge in [-0.25, -0.2) is 4.98 Å². The molecule has 1 aromatic heterocycles. The molecular weight excluding hydrogens is 312 g/mol. The van der Waals surface area contributed by atoms with Gasteiger partial charge in [0, 0.05) is 22.0 Å². The lowest BCUT2D eigenvalue weighted by Gasteiger charge is -2.29. The number of carbonyl (C=O) groups is 1. The number of halogens is 1. The number of nitrogens with one attached hydrogen (secondary N) is 1. The largest absolute Gasteiger partial charge is 0.349 e. The zero-order valence-electron chi connectivity index (χ0n) is 11.0. The molecule has 0 aromatic carbocycles. The quantitative estimate of drug-likeness (QED) is 0.867. The molecule has 5 heteroatoms. The fourth-order valence-electron chi connectivity index (χ4n) is 1.74. The van der Waals surface area contributed by atoms with E-state index in [0.29, 0.717) is 12.2 Å². The SMILES string of the molecule is CCC(CC)(CNC(=O)c1ncccc1Br)SC. The monoisotopic (exact) mass is 330 g/mol. The molecule has 100 valence electrons. The molecular formula is C13H19BrN2OS. The predicted molar refractivity (Wildman–Crippen MR) is 81.1 cm³/mol. The van der Waals surface area contributed by atoms with Crippen LogP contribution in [0.25, 0.3) is 0 Å². The Labute approximate surface area is 121 Å². The Morgan fingerprint density at radius 1 is 1.50 bits per heavy atom. The summed E-state index contributed by atoms with van der Waals surface area (Å²) in [6, 6.07) is 3.62. The molecule has 1 N–H and O–H groups in total. The first-order valence-electron chi connectivity index (χ1n) is 6.02. The standard InChI is InChI=1S/C13H19BrN2OS/c1-4-13(5-2,18-3)9-16-12(17)11-10(14)7-6-8-15-11/h6-8H,4-5,9H2,1-3H3,(H,16,17). The first-order chi connectivity index (χ1) is 8.58. The van der Waals surface area contributed by atoms with Gasteiger partial charge in [0.2, 0.25) is 0 Å². The Kier molecular flexibility index (Phi) is 6.15. The fourth-order valence-corrected chi connectivity index (χ4v) is 2.97. The third-order valence-corrected chi connectivity index (χ3v) is 5.49. The second-order valence-electron chi connectivity index (χ2n) is 4.11. The molecule has 0 fully saturated rings. The number of amides is 1. The summed E-state index contributed by atoms with van der Waals surface area (Å²) < 4.78 is 0.849. The number of hydrogen-bond donors (Lipinski definition) is 1. The van der Waals surface area contributed by atoms with Gasteiger partial charge in [0.25, 0.3) is 5.91 Å². The Morgan fingerprint density at radius 2 is 2.17 bits per heavy atom. The zero-order chi connectivity index (χ0) is 13.6. The Morgan fingerprint density at radius 3 is 2.67 bits per heavy atom. The van der Waals surface area contributed by atoms with Crippen molar-refractivity contribution in [3.05, 3.63) is 28.5 Å². The van der Waals surface area contributed by atoms with Crippen LogP contribution in [0.2, 0.25) is 0 Å².